The number of carbonyl (C=O) groups excluding carboxylic acids is 2. The van der Waals surface area contributed by atoms with Gasteiger partial charge in [0.05, 0.1) is 0 Å². The van der Waals surface area contributed by atoms with Crippen LogP contribution >= 0.6 is 12.4 Å². The molecule has 4 rings (SSSR count). The van der Waals surface area contributed by atoms with Gasteiger partial charge in [-0.1, -0.05) is 12.8 Å². The standard InChI is InChI=1S/C21H30N4O2.ClH/c26-19(18-15-21(18)9-11-22-12-10-21)23-16-5-7-17(8-6-16)24-20(27)25-13-3-1-2-4-14-25;/h5-8,18,22H,1-4,9-15H2,(H,23,26)(H,24,27);1H. The first-order valence-electron chi connectivity index (χ1n) is 10.3. The molecule has 154 valence electrons. The first-order valence-corrected chi connectivity index (χ1v) is 10.3. The van der Waals surface area contributed by atoms with Crippen LogP contribution < -0.4 is 16.0 Å². The lowest BCUT2D eigenvalue weighted by atomic mass is 9.92. The fourth-order valence-corrected chi connectivity index (χ4v) is 4.54. The van der Waals surface area contributed by atoms with E-state index in [2.05, 4.69) is 16.0 Å². The molecule has 1 spiro atoms. The molecule has 3 aliphatic rings. The summed E-state index contributed by atoms with van der Waals surface area (Å²) in [4.78, 5) is 26.8. The lowest BCUT2D eigenvalue weighted by molar-refractivity contribution is -0.118. The topological polar surface area (TPSA) is 73.5 Å². The Morgan fingerprint density at radius 3 is 2.11 bits per heavy atom. The van der Waals surface area contributed by atoms with Crippen LogP contribution in [0.2, 0.25) is 0 Å². The van der Waals surface area contributed by atoms with Crippen LogP contribution in [-0.2, 0) is 4.79 Å². The fraction of sp³-hybridized carbons (Fsp3) is 0.619. The monoisotopic (exact) mass is 406 g/mol. The third-order valence-corrected chi connectivity index (χ3v) is 6.40. The molecule has 0 bridgehead atoms. The quantitative estimate of drug-likeness (QED) is 0.713. The smallest absolute Gasteiger partial charge is 0.321 e. The van der Waals surface area contributed by atoms with Gasteiger partial charge in [0.25, 0.3) is 0 Å². The molecule has 28 heavy (non-hydrogen) atoms. The van der Waals surface area contributed by atoms with Gasteiger partial charge in [0.15, 0.2) is 0 Å². The van der Waals surface area contributed by atoms with Gasteiger partial charge in [0, 0.05) is 30.4 Å². The molecule has 1 atom stereocenters. The zero-order valence-electron chi connectivity index (χ0n) is 16.3. The van der Waals surface area contributed by atoms with Crippen LogP contribution in [0.4, 0.5) is 16.2 Å². The fourth-order valence-electron chi connectivity index (χ4n) is 4.54. The average molecular weight is 407 g/mol. The summed E-state index contributed by atoms with van der Waals surface area (Å²) in [5.74, 6) is 0.292. The van der Waals surface area contributed by atoms with Gasteiger partial charge in [-0.3, -0.25) is 4.79 Å². The second-order valence-electron chi connectivity index (χ2n) is 8.27. The molecule has 1 saturated carbocycles. The average Bonchev–Trinajstić information content (AvgIpc) is 3.43. The highest BCUT2D eigenvalue weighted by Crippen LogP contribution is 2.58. The minimum atomic E-state index is -0.0282. The number of urea groups is 1. The van der Waals surface area contributed by atoms with E-state index in [0.717, 1.165) is 69.7 Å². The lowest BCUT2D eigenvalue weighted by Gasteiger charge is -2.23. The number of benzene rings is 1. The maximum Gasteiger partial charge on any atom is 0.321 e. The summed E-state index contributed by atoms with van der Waals surface area (Å²) in [6, 6.07) is 7.43. The summed E-state index contributed by atoms with van der Waals surface area (Å²) in [6.07, 6.45) is 7.80. The van der Waals surface area contributed by atoms with Gasteiger partial charge in [-0.2, -0.15) is 0 Å². The molecule has 3 amide bonds. The second-order valence-corrected chi connectivity index (χ2v) is 8.27. The van der Waals surface area contributed by atoms with Crippen molar-refractivity contribution in [1.82, 2.24) is 10.2 Å². The van der Waals surface area contributed by atoms with E-state index in [1.54, 1.807) is 0 Å². The number of hydrogen-bond acceptors (Lipinski definition) is 3. The number of carbonyl (C=O) groups is 2. The summed E-state index contributed by atoms with van der Waals surface area (Å²) in [5.41, 5.74) is 1.81. The van der Waals surface area contributed by atoms with Crippen LogP contribution in [0.1, 0.15) is 44.9 Å². The predicted octanol–water partition coefficient (Wildman–Crippen LogP) is 3.84. The molecule has 7 heteroatoms. The summed E-state index contributed by atoms with van der Waals surface area (Å²) in [5, 5.41) is 9.38. The Balaban J connectivity index is 0.00000225. The maximum absolute atomic E-state index is 12.5. The molecule has 2 heterocycles. The van der Waals surface area contributed by atoms with Gasteiger partial charge >= 0.3 is 6.03 Å². The summed E-state index contributed by atoms with van der Waals surface area (Å²) in [7, 11) is 0. The SMILES string of the molecule is Cl.O=C(Nc1ccc(NC(=O)N2CCCCCC2)cc1)C1CC12CCNCC2. The van der Waals surface area contributed by atoms with E-state index in [1.165, 1.54) is 12.8 Å². The molecule has 1 aromatic carbocycles. The van der Waals surface area contributed by atoms with Gasteiger partial charge in [-0.05, 0) is 74.9 Å². The van der Waals surface area contributed by atoms with Crippen LogP contribution in [0.15, 0.2) is 24.3 Å². The van der Waals surface area contributed by atoms with Crippen molar-refractivity contribution in [1.29, 1.82) is 0 Å². The van der Waals surface area contributed by atoms with Gasteiger partial charge < -0.3 is 20.9 Å². The van der Waals surface area contributed by atoms with Crippen molar-refractivity contribution in [3.8, 4) is 0 Å². The van der Waals surface area contributed by atoms with Crippen molar-refractivity contribution in [2.75, 3.05) is 36.8 Å². The molecular formula is C21H31ClN4O2. The van der Waals surface area contributed by atoms with Crippen molar-refractivity contribution >= 4 is 35.7 Å². The third kappa shape index (κ3) is 4.78. The number of anilines is 2. The molecular weight excluding hydrogens is 376 g/mol. The van der Waals surface area contributed by atoms with Gasteiger partial charge in [0.1, 0.15) is 0 Å². The normalized spacial score (nSPS) is 23.3. The van der Waals surface area contributed by atoms with Gasteiger partial charge in [-0.15, -0.1) is 12.4 Å². The van der Waals surface area contributed by atoms with Crippen LogP contribution in [0.25, 0.3) is 0 Å². The minimum absolute atomic E-state index is 0. The van der Waals surface area contributed by atoms with E-state index in [9.17, 15) is 9.59 Å². The second kappa shape index (κ2) is 9.14. The predicted molar refractivity (Wildman–Crippen MR) is 114 cm³/mol. The molecule has 1 aliphatic carbocycles. The molecule has 0 aromatic heterocycles. The van der Waals surface area contributed by atoms with Crippen molar-refractivity contribution in [3.05, 3.63) is 24.3 Å². The van der Waals surface area contributed by atoms with Crippen molar-refractivity contribution in [3.63, 3.8) is 0 Å². The molecule has 3 N–H and O–H groups in total. The van der Waals surface area contributed by atoms with Crippen LogP contribution in [0.5, 0.6) is 0 Å². The first-order chi connectivity index (χ1) is 13.2. The first kappa shape index (κ1) is 20.9. The zero-order valence-corrected chi connectivity index (χ0v) is 17.2. The molecule has 0 radical (unpaired) electrons. The largest absolute Gasteiger partial charge is 0.326 e. The molecule has 2 aliphatic heterocycles. The van der Waals surface area contributed by atoms with Crippen LogP contribution in [-0.4, -0.2) is 43.0 Å². The third-order valence-electron chi connectivity index (χ3n) is 6.40. The number of likely N-dealkylation sites (tertiary alicyclic amines) is 1. The van der Waals surface area contributed by atoms with E-state index >= 15 is 0 Å². The molecule has 2 saturated heterocycles. The number of piperidine rings is 1. The molecule has 1 unspecified atom stereocenters. The van der Waals surface area contributed by atoms with Crippen molar-refractivity contribution < 1.29 is 9.59 Å². The van der Waals surface area contributed by atoms with E-state index in [0.29, 0.717) is 0 Å². The number of rotatable bonds is 3. The van der Waals surface area contributed by atoms with E-state index < -0.39 is 0 Å². The van der Waals surface area contributed by atoms with Gasteiger partial charge in [0.2, 0.25) is 5.91 Å². The molecule has 1 aromatic rings. The summed E-state index contributed by atoms with van der Waals surface area (Å²) < 4.78 is 0. The Morgan fingerprint density at radius 1 is 0.929 bits per heavy atom. The number of nitrogens with one attached hydrogen (secondary N) is 3. The zero-order chi connectivity index (χ0) is 18.7. The van der Waals surface area contributed by atoms with E-state index in [1.807, 2.05) is 29.2 Å². The Labute approximate surface area is 173 Å². The highest BCUT2D eigenvalue weighted by molar-refractivity contribution is 5.95. The number of amides is 3. The Hall–Kier alpha value is -1.79. The van der Waals surface area contributed by atoms with Crippen LogP contribution in [0, 0.1) is 11.3 Å². The summed E-state index contributed by atoms with van der Waals surface area (Å²) in [6.45, 7) is 3.71. The Morgan fingerprint density at radius 2 is 1.50 bits per heavy atom. The highest BCUT2D eigenvalue weighted by Gasteiger charge is 2.57. The van der Waals surface area contributed by atoms with Crippen molar-refractivity contribution in [2.45, 2.75) is 44.9 Å². The number of nitrogens with zero attached hydrogens (tertiary/aromatic N) is 1. The van der Waals surface area contributed by atoms with Gasteiger partial charge in [-0.25, -0.2) is 4.79 Å². The lowest BCUT2D eigenvalue weighted by Crippen LogP contribution is -2.35. The van der Waals surface area contributed by atoms with Crippen molar-refractivity contribution in [2.24, 2.45) is 11.3 Å². The molecule has 3 fully saturated rings. The number of hydrogen-bond donors (Lipinski definition) is 3. The summed E-state index contributed by atoms with van der Waals surface area (Å²) >= 11 is 0. The Bertz CT molecular complexity index is 680. The van der Waals surface area contributed by atoms with Crippen LogP contribution in [0.3, 0.4) is 0 Å². The molecule has 6 nitrogen and oxygen atoms in total. The minimum Gasteiger partial charge on any atom is -0.326 e. The highest BCUT2D eigenvalue weighted by atomic mass is 35.5. The van der Waals surface area contributed by atoms with E-state index in [4.69, 9.17) is 0 Å². The van der Waals surface area contributed by atoms with E-state index in [-0.39, 0.29) is 35.7 Å². The Kier molecular flexibility index (Phi) is 6.83. The number of halogens is 1. The maximum atomic E-state index is 12.5.